The van der Waals surface area contributed by atoms with Gasteiger partial charge in [-0.1, -0.05) is 34.1 Å². The van der Waals surface area contributed by atoms with Crippen molar-refractivity contribution in [1.29, 1.82) is 0 Å². The van der Waals surface area contributed by atoms with E-state index < -0.39 is 17.4 Å². The Bertz CT molecular complexity index is 1370. The number of primary amides is 1. The maximum Gasteiger partial charge on any atom is 0.275 e. The molecule has 3 aromatic carbocycles. The van der Waals surface area contributed by atoms with Crippen LogP contribution in [0.4, 0.5) is 5.69 Å². The first kappa shape index (κ1) is 21.3. The Morgan fingerprint density at radius 1 is 0.938 bits per heavy atom. The van der Waals surface area contributed by atoms with Crippen molar-refractivity contribution in [3.8, 4) is 11.5 Å². The zero-order valence-electron chi connectivity index (χ0n) is 16.6. The highest BCUT2D eigenvalue weighted by Crippen LogP contribution is 2.24. The van der Waals surface area contributed by atoms with Crippen molar-refractivity contribution in [2.24, 2.45) is 5.73 Å². The number of hydrogen-bond donors (Lipinski definition) is 2. The van der Waals surface area contributed by atoms with Crippen molar-refractivity contribution in [3.05, 3.63) is 93.3 Å². The SMILES string of the molecule is NC(=O)c1nn(CC(=O)Nc2ccc(Oc3ccc(Br)cc3)cc2)c(=O)c2ccccc12. The van der Waals surface area contributed by atoms with Gasteiger partial charge >= 0.3 is 0 Å². The molecule has 2 amide bonds. The minimum Gasteiger partial charge on any atom is -0.457 e. The van der Waals surface area contributed by atoms with Gasteiger partial charge in [0.1, 0.15) is 18.0 Å². The average molecular weight is 493 g/mol. The number of anilines is 1. The topological polar surface area (TPSA) is 116 Å². The van der Waals surface area contributed by atoms with Gasteiger partial charge in [-0.2, -0.15) is 5.10 Å². The second kappa shape index (κ2) is 9.03. The van der Waals surface area contributed by atoms with E-state index in [1.807, 2.05) is 24.3 Å². The number of nitrogens with two attached hydrogens (primary N) is 1. The molecule has 160 valence electrons. The summed E-state index contributed by atoms with van der Waals surface area (Å²) in [6, 6.07) is 20.7. The summed E-state index contributed by atoms with van der Waals surface area (Å²) < 4.78 is 7.63. The highest BCUT2D eigenvalue weighted by atomic mass is 79.9. The number of fused-ring (bicyclic) bond motifs is 1. The van der Waals surface area contributed by atoms with Crippen LogP contribution in [-0.4, -0.2) is 21.6 Å². The molecule has 32 heavy (non-hydrogen) atoms. The molecule has 8 nitrogen and oxygen atoms in total. The van der Waals surface area contributed by atoms with E-state index >= 15 is 0 Å². The van der Waals surface area contributed by atoms with Gasteiger partial charge in [-0.05, 0) is 54.6 Å². The first-order valence-electron chi connectivity index (χ1n) is 9.54. The van der Waals surface area contributed by atoms with Crippen LogP contribution in [0.25, 0.3) is 10.8 Å². The number of amides is 2. The lowest BCUT2D eigenvalue weighted by Crippen LogP contribution is -2.32. The molecule has 1 heterocycles. The van der Waals surface area contributed by atoms with Crippen LogP contribution < -0.4 is 21.3 Å². The van der Waals surface area contributed by atoms with Crippen molar-refractivity contribution < 1.29 is 14.3 Å². The molecule has 4 aromatic rings. The van der Waals surface area contributed by atoms with Crippen LogP contribution in [0.1, 0.15) is 10.5 Å². The van der Waals surface area contributed by atoms with Crippen molar-refractivity contribution >= 4 is 44.2 Å². The van der Waals surface area contributed by atoms with Gasteiger partial charge in [-0.15, -0.1) is 0 Å². The number of rotatable bonds is 6. The van der Waals surface area contributed by atoms with E-state index in [-0.39, 0.29) is 17.6 Å². The van der Waals surface area contributed by atoms with Crippen LogP contribution in [0, 0.1) is 0 Å². The summed E-state index contributed by atoms with van der Waals surface area (Å²) in [5, 5.41) is 7.30. The molecule has 0 aliphatic heterocycles. The molecule has 0 spiro atoms. The Morgan fingerprint density at radius 3 is 2.16 bits per heavy atom. The molecule has 4 rings (SSSR count). The summed E-state index contributed by atoms with van der Waals surface area (Å²) in [7, 11) is 0. The highest BCUT2D eigenvalue weighted by Gasteiger charge is 2.16. The van der Waals surface area contributed by atoms with Crippen LogP contribution in [0.5, 0.6) is 11.5 Å². The number of nitrogens with zero attached hydrogens (tertiary/aromatic N) is 2. The quantitative estimate of drug-likeness (QED) is 0.425. The smallest absolute Gasteiger partial charge is 0.275 e. The van der Waals surface area contributed by atoms with Gasteiger partial charge in [0.2, 0.25) is 5.91 Å². The summed E-state index contributed by atoms with van der Waals surface area (Å²) in [5.74, 6) is 0.0180. The van der Waals surface area contributed by atoms with Gasteiger partial charge in [0.25, 0.3) is 11.5 Å². The normalized spacial score (nSPS) is 10.7. The van der Waals surface area contributed by atoms with Gasteiger partial charge < -0.3 is 15.8 Å². The molecule has 1 aromatic heterocycles. The Kier molecular flexibility index (Phi) is 6.00. The molecule has 0 radical (unpaired) electrons. The van der Waals surface area contributed by atoms with Crippen LogP contribution in [-0.2, 0) is 11.3 Å². The third kappa shape index (κ3) is 4.68. The molecule has 0 fully saturated rings. The predicted octanol–water partition coefficient (Wildman–Crippen LogP) is 3.69. The summed E-state index contributed by atoms with van der Waals surface area (Å²) in [6.07, 6.45) is 0. The molecule has 0 bridgehead atoms. The summed E-state index contributed by atoms with van der Waals surface area (Å²) in [5.41, 5.74) is 5.36. The molecule has 3 N–H and O–H groups in total. The molecular formula is C23H17BrN4O4. The van der Waals surface area contributed by atoms with Crippen LogP contribution >= 0.6 is 15.9 Å². The molecular weight excluding hydrogens is 476 g/mol. The minimum atomic E-state index is -0.781. The average Bonchev–Trinajstić information content (AvgIpc) is 2.78. The summed E-state index contributed by atoms with van der Waals surface area (Å²) in [4.78, 5) is 36.9. The monoisotopic (exact) mass is 492 g/mol. The van der Waals surface area contributed by atoms with Gasteiger partial charge in [0.05, 0.1) is 5.39 Å². The van der Waals surface area contributed by atoms with Crippen LogP contribution in [0.3, 0.4) is 0 Å². The zero-order valence-corrected chi connectivity index (χ0v) is 18.2. The van der Waals surface area contributed by atoms with E-state index in [2.05, 4.69) is 26.3 Å². The molecule has 0 unspecified atom stereocenters. The van der Waals surface area contributed by atoms with Crippen molar-refractivity contribution in [1.82, 2.24) is 9.78 Å². The lowest BCUT2D eigenvalue weighted by molar-refractivity contribution is -0.117. The fourth-order valence-corrected chi connectivity index (χ4v) is 3.37. The molecule has 0 saturated carbocycles. The summed E-state index contributed by atoms with van der Waals surface area (Å²) in [6.45, 7) is -0.374. The standard InChI is InChI=1S/C23H17BrN4O4/c24-14-5-9-16(10-6-14)32-17-11-7-15(8-12-17)26-20(29)13-28-23(31)19-4-2-1-3-18(19)21(27-28)22(25)30/h1-12H,13H2,(H2,25,30)(H,26,29). The van der Waals surface area contributed by atoms with Crippen molar-refractivity contribution in [3.63, 3.8) is 0 Å². The minimum absolute atomic E-state index is 0.0672. The van der Waals surface area contributed by atoms with E-state index in [4.69, 9.17) is 10.5 Å². The van der Waals surface area contributed by atoms with Crippen LogP contribution in [0.2, 0.25) is 0 Å². The molecule has 0 atom stereocenters. The van der Waals surface area contributed by atoms with Crippen molar-refractivity contribution in [2.45, 2.75) is 6.54 Å². The fraction of sp³-hybridized carbons (Fsp3) is 0.0435. The highest BCUT2D eigenvalue weighted by molar-refractivity contribution is 9.10. The third-order valence-electron chi connectivity index (χ3n) is 4.58. The Morgan fingerprint density at radius 2 is 1.53 bits per heavy atom. The lowest BCUT2D eigenvalue weighted by atomic mass is 10.1. The Hall–Kier alpha value is -3.98. The van der Waals surface area contributed by atoms with E-state index in [0.29, 0.717) is 22.6 Å². The second-order valence-corrected chi connectivity index (χ2v) is 7.77. The number of ether oxygens (including phenoxy) is 1. The zero-order chi connectivity index (χ0) is 22.7. The summed E-state index contributed by atoms with van der Waals surface area (Å²) >= 11 is 3.37. The van der Waals surface area contributed by atoms with Crippen molar-refractivity contribution in [2.75, 3.05) is 5.32 Å². The van der Waals surface area contributed by atoms with Gasteiger partial charge in [-0.25, -0.2) is 4.68 Å². The van der Waals surface area contributed by atoms with E-state index in [1.54, 1.807) is 48.5 Å². The molecule has 0 saturated heterocycles. The number of aromatic nitrogens is 2. The van der Waals surface area contributed by atoms with Crippen LogP contribution in [0.15, 0.2) is 82.1 Å². The number of carbonyl (C=O) groups excluding carboxylic acids is 2. The Balaban J connectivity index is 1.48. The predicted molar refractivity (Wildman–Crippen MR) is 124 cm³/mol. The number of carbonyl (C=O) groups is 2. The number of benzene rings is 3. The fourth-order valence-electron chi connectivity index (χ4n) is 3.11. The number of hydrogen-bond acceptors (Lipinski definition) is 5. The number of nitrogens with one attached hydrogen (secondary N) is 1. The number of halogens is 1. The van der Waals surface area contributed by atoms with E-state index in [9.17, 15) is 14.4 Å². The van der Waals surface area contributed by atoms with E-state index in [0.717, 1.165) is 9.15 Å². The molecule has 9 heteroatoms. The largest absolute Gasteiger partial charge is 0.457 e. The van der Waals surface area contributed by atoms with Gasteiger partial charge in [0.15, 0.2) is 5.69 Å². The maximum absolute atomic E-state index is 12.7. The second-order valence-electron chi connectivity index (χ2n) is 6.85. The molecule has 0 aliphatic carbocycles. The third-order valence-corrected chi connectivity index (χ3v) is 5.11. The maximum atomic E-state index is 12.7. The first-order chi connectivity index (χ1) is 15.4. The van der Waals surface area contributed by atoms with E-state index in [1.165, 1.54) is 0 Å². The Labute approximate surface area is 190 Å². The van der Waals surface area contributed by atoms with Gasteiger partial charge in [0, 0.05) is 15.5 Å². The molecule has 0 aliphatic rings. The first-order valence-corrected chi connectivity index (χ1v) is 10.3. The lowest BCUT2D eigenvalue weighted by Gasteiger charge is -2.10. The van der Waals surface area contributed by atoms with Gasteiger partial charge in [-0.3, -0.25) is 14.4 Å².